The number of hydrogen-bond acceptors (Lipinski definition) is 2. The fourth-order valence-corrected chi connectivity index (χ4v) is 1.56. The Morgan fingerprint density at radius 3 is 3.08 bits per heavy atom. The molecule has 0 aromatic carbocycles. The van der Waals surface area contributed by atoms with Crippen molar-refractivity contribution in [3.8, 4) is 11.8 Å². The van der Waals surface area contributed by atoms with E-state index in [0.29, 0.717) is 22.7 Å². The van der Waals surface area contributed by atoms with Crippen molar-refractivity contribution in [2.24, 2.45) is 0 Å². The Morgan fingerprint density at radius 2 is 2.46 bits per heavy atom. The van der Waals surface area contributed by atoms with E-state index in [1.54, 1.807) is 11.4 Å². The van der Waals surface area contributed by atoms with Gasteiger partial charge in [0.2, 0.25) is 0 Å². The molecule has 1 rings (SSSR count). The van der Waals surface area contributed by atoms with Crippen molar-refractivity contribution in [2.45, 2.75) is 6.42 Å². The summed E-state index contributed by atoms with van der Waals surface area (Å²) in [7, 11) is 0. The van der Waals surface area contributed by atoms with Gasteiger partial charge in [-0.25, -0.2) is 4.79 Å². The Kier molecular flexibility index (Phi) is 3.81. The minimum Gasteiger partial charge on any atom is -0.477 e. The number of thiophene rings is 1. The Balaban J connectivity index is 2.84. The predicted octanol–water partition coefficient (Wildman–Crippen LogP) is 2.43. The molecule has 0 aliphatic rings. The van der Waals surface area contributed by atoms with Gasteiger partial charge in [-0.15, -0.1) is 22.9 Å². The highest BCUT2D eigenvalue weighted by Crippen LogP contribution is 2.15. The van der Waals surface area contributed by atoms with Gasteiger partial charge in [-0.05, 0) is 11.4 Å². The molecule has 1 aromatic rings. The van der Waals surface area contributed by atoms with Crippen molar-refractivity contribution in [3.05, 3.63) is 21.9 Å². The summed E-state index contributed by atoms with van der Waals surface area (Å²) in [4.78, 5) is 10.9. The van der Waals surface area contributed by atoms with Crippen LogP contribution in [0.4, 0.5) is 0 Å². The molecule has 0 spiro atoms. The normalized spacial score (nSPS) is 9.00. The Labute approximate surface area is 85.2 Å². The minimum absolute atomic E-state index is 0.294. The van der Waals surface area contributed by atoms with Crippen LogP contribution in [0.15, 0.2) is 11.4 Å². The SMILES string of the molecule is O=C(O)c1sccc1C#CCCCl. The topological polar surface area (TPSA) is 37.3 Å². The molecule has 13 heavy (non-hydrogen) atoms. The second-order valence-electron chi connectivity index (χ2n) is 2.21. The molecule has 1 N–H and O–H groups in total. The summed E-state index contributed by atoms with van der Waals surface area (Å²) in [6.07, 6.45) is 0.580. The summed E-state index contributed by atoms with van der Waals surface area (Å²) >= 11 is 6.61. The first kappa shape index (κ1) is 10.1. The van der Waals surface area contributed by atoms with E-state index in [-0.39, 0.29) is 0 Å². The average Bonchev–Trinajstić information content (AvgIpc) is 2.53. The number of aromatic carboxylic acids is 1. The van der Waals surface area contributed by atoms with Gasteiger partial charge in [-0.1, -0.05) is 11.8 Å². The number of hydrogen-bond donors (Lipinski definition) is 1. The first-order valence-electron chi connectivity index (χ1n) is 3.61. The third kappa shape index (κ3) is 2.76. The lowest BCUT2D eigenvalue weighted by atomic mass is 10.2. The quantitative estimate of drug-likeness (QED) is 0.607. The summed E-state index contributed by atoms with van der Waals surface area (Å²) in [6, 6.07) is 1.70. The van der Waals surface area contributed by atoms with Crippen LogP contribution in [-0.4, -0.2) is 17.0 Å². The average molecular weight is 215 g/mol. The van der Waals surface area contributed by atoms with E-state index in [1.165, 1.54) is 11.3 Å². The highest BCUT2D eigenvalue weighted by molar-refractivity contribution is 7.12. The van der Waals surface area contributed by atoms with Gasteiger partial charge in [-0.3, -0.25) is 0 Å². The summed E-state index contributed by atoms with van der Waals surface area (Å²) in [6.45, 7) is 0. The van der Waals surface area contributed by atoms with Crippen molar-refractivity contribution < 1.29 is 9.90 Å². The molecule has 0 aliphatic heterocycles. The van der Waals surface area contributed by atoms with Gasteiger partial charge in [0.25, 0.3) is 0 Å². The molecular formula is C9H7ClO2S. The van der Waals surface area contributed by atoms with Crippen LogP contribution in [0.5, 0.6) is 0 Å². The van der Waals surface area contributed by atoms with Crippen LogP contribution in [0, 0.1) is 11.8 Å². The van der Waals surface area contributed by atoms with Crippen molar-refractivity contribution in [3.63, 3.8) is 0 Å². The molecule has 0 amide bonds. The monoisotopic (exact) mass is 214 g/mol. The lowest BCUT2D eigenvalue weighted by molar-refractivity contribution is 0.0702. The van der Waals surface area contributed by atoms with E-state index >= 15 is 0 Å². The molecule has 4 heteroatoms. The Bertz CT molecular complexity index is 359. The molecule has 0 radical (unpaired) electrons. The van der Waals surface area contributed by atoms with Crippen molar-refractivity contribution in [2.75, 3.05) is 5.88 Å². The van der Waals surface area contributed by atoms with Gasteiger partial charge in [0.05, 0.1) is 0 Å². The number of carbonyl (C=O) groups is 1. The van der Waals surface area contributed by atoms with E-state index < -0.39 is 5.97 Å². The second kappa shape index (κ2) is 4.90. The highest BCUT2D eigenvalue weighted by Gasteiger charge is 2.08. The maximum atomic E-state index is 10.6. The van der Waals surface area contributed by atoms with Crippen molar-refractivity contribution >= 4 is 28.9 Å². The van der Waals surface area contributed by atoms with E-state index in [0.717, 1.165) is 0 Å². The van der Waals surface area contributed by atoms with Crippen molar-refractivity contribution in [1.29, 1.82) is 0 Å². The number of halogens is 1. The molecule has 0 fully saturated rings. The number of carboxylic acids is 1. The second-order valence-corrected chi connectivity index (χ2v) is 3.50. The molecule has 1 aromatic heterocycles. The summed E-state index contributed by atoms with van der Waals surface area (Å²) < 4.78 is 0. The zero-order valence-electron chi connectivity index (χ0n) is 6.71. The van der Waals surface area contributed by atoms with Gasteiger partial charge < -0.3 is 5.11 Å². The van der Waals surface area contributed by atoms with Gasteiger partial charge in [-0.2, -0.15) is 0 Å². The van der Waals surface area contributed by atoms with Crippen LogP contribution < -0.4 is 0 Å². The van der Waals surface area contributed by atoms with Gasteiger partial charge >= 0.3 is 5.97 Å². The summed E-state index contributed by atoms with van der Waals surface area (Å²) in [5.41, 5.74) is 0.572. The summed E-state index contributed by atoms with van der Waals surface area (Å²) in [5.74, 6) is 5.11. The first-order chi connectivity index (χ1) is 6.25. The molecule has 68 valence electrons. The van der Waals surface area contributed by atoms with Crippen LogP contribution in [0.25, 0.3) is 0 Å². The highest BCUT2D eigenvalue weighted by atomic mass is 35.5. The maximum absolute atomic E-state index is 10.6. The fourth-order valence-electron chi connectivity index (χ4n) is 0.778. The van der Waals surface area contributed by atoms with Crippen molar-refractivity contribution in [1.82, 2.24) is 0 Å². The van der Waals surface area contributed by atoms with Gasteiger partial charge in [0.15, 0.2) is 0 Å². The van der Waals surface area contributed by atoms with E-state index in [4.69, 9.17) is 16.7 Å². The van der Waals surface area contributed by atoms with E-state index in [1.807, 2.05) is 0 Å². The van der Waals surface area contributed by atoms with Crippen LogP contribution in [-0.2, 0) is 0 Å². The van der Waals surface area contributed by atoms with E-state index in [9.17, 15) is 4.79 Å². The Hall–Kier alpha value is -0.980. The number of carboxylic acid groups (broad SMARTS) is 1. The van der Waals surface area contributed by atoms with E-state index in [2.05, 4.69) is 11.8 Å². The van der Waals surface area contributed by atoms with Crippen LogP contribution in [0.1, 0.15) is 21.7 Å². The third-order valence-electron chi connectivity index (χ3n) is 1.30. The number of alkyl halides is 1. The third-order valence-corrected chi connectivity index (χ3v) is 2.39. The molecule has 2 nitrogen and oxygen atoms in total. The summed E-state index contributed by atoms with van der Waals surface area (Å²) in [5, 5.41) is 10.4. The van der Waals surface area contributed by atoms with Crippen LogP contribution in [0.3, 0.4) is 0 Å². The smallest absolute Gasteiger partial charge is 0.347 e. The lowest BCUT2D eigenvalue weighted by Gasteiger charge is -1.87. The maximum Gasteiger partial charge on any atom is 0.347 e. The zero-order valence-corrected chi connectivity index (χ0v) is 8.28. The molecule has 0 saturated carbocycles. The molecule has 0 bridgehead atoms. The Morgan fingerprint density at radius 1 is 1.69 bits per heavy atom. The number of rotatable bonds is 2. The molecule has 0 saturated heterocycles. The van der Waals surface area contributed by atoms with Gasteiger partial charge in [0, 0.05) is 17.9 Å². The van der Waals surface area contributed by atoms with Gasteiger partial charge in [0.1, 0.15) is 4.88 Å². The standard InChI is InChI=1S/C9H7ClO2S/c10-5-2-1-3-7-4-6-13-8(7)9(11)12/h4,6H,2,5H2,(H,11,12). The molecule has 0 unspecified atom stereocenters. The predicted molar refractivity (Wildman–Crippen MR) is 53.5 cm³/mol. The molecule has 0 aliphatic carbocycles. The first-order valence-corrected chi connectivity index (χ1v) is 5.02. The molecular weight excluding hydrogens is 208 g/mol. The lowest BCUT2D eigenvalue weighted by Crippen LogP contribution is -1.94. The molecule has 1 heterocycles. The minimum atomic E-state index is -0.926. The van der Waals surface area contributed by atoms with Crippen LogP contribution in [0.2, 0.25) is 0 Å². The largest absolute Gasteiger partial charge is 0.477 e. The zero-order chi connectivity index (χ0) is 9.68. The molecule has 0 atom stereocenters. The fraction of sp³-hybridized carbons (Fsp3) is 0.222. The van der Waals surface area contributed by atoms with Crippen LogP contribution >= 0.6 is 22.9 Å².